The molecule has 112 valence electrons. The summed E-state index contributed by atoms with van der Waals surface area (Å²) in [7, 11) is 0. The first-order chi connectivity index (χ1) is 9.95. The molecule has 0 saturated carbocycles. The van der Waals surface area contributed by atoms with Gasteiger partial charge in [0.2, 0.25) is 0 Å². The largest absolute Gasteiger partial charge is 0.380 e. The van der Waals surface area contributed by atoms with Gasteiger partial charge in [-0.15, -0.1) is 11.3 Å². The summed E-state index contributed by atoms with van der Waals surface area (Å²) in [6.45, 7) is 4.66. The lowest BCUT2D eigenvalue weighted by Crippen LogP contribution is -2.29. The minimum Gasteiger partial charge on any atom is -0.380 e. The van der Waals surface area contributed by atoms with Gasteiger partial charge in [-0.25, -0.2) is 0 Å². The Kier molecular flexibility index (Phi) is 5.84. The molecule has 0 unspecified atom stereocenters. The zero-order valence-electron chi connectivity index (χ0n) is 11.7. The summed E-state index contributed by atoms with van der Waals surface area (Å²) in [4.78, 5) is 13.1. The van der Waals surface area contributed by atoms with E-state index >= 15 is 0 Å². The molecule has 0 aliphatic heterocycles. The van der Waals surface area contributed by atoms with Gasteiger partial charge in [0.25, 0.3) is 5.91 Å². The van der Waals surface area contributed by atoms with Gasteiger partial charge in [0, 0.05) is 33.2 Å². The van der Waals surface area contributed by atoms with Crippen molar-refractivity contribution in [2.75, 3.05) is 5.32 Å². The molecule has 1 aromatic carbocycles. The number of halogens is 2. The first kappa shape index (κ1) is 16.5. The van der Waals surface area contributed by atoms with Gasteiger partial charge >= 0.3 is 0 Å². The molecule has 2 aromatic rings. The fourth-order valence-electron chi connectivity index (χ4n) is 1.75. The minimum absolute atomic E-state index is 0.0392. The summed E-state index contributed by atoms with van der Waals surface area (Å²) in [5, 5.41) is 6.22. The van der Waals surface area contributed by atoms with Crippen molar-refractivity contribution in [3.8, 4) is 0 Å². The van der Waals surface area contributed by atoms with Crippen LogP contribution in [0.15, 0.2) is 38.6 Å². The number of rotatable bonds is 5. The normalized spacial score (nSPS) is 10.7. The Morgan fingerprint density at radius 2 is 1.90 bits per heavy atom. The van der Waals surface area contributed by atoms with Crippen molar-refractivity contribution in [1.82, 2.24) is 5.32 Å². The molecule has 2 rings (SSSR count). The topological polar surface area (TPSA) is 41.1 Å². The van der Waals surface area contributed by atoms with Crippen LogP contribution in [0.5, 0.6) is 0 Å². The van der Waals surface area contributed by atoms with Crippen LogP contribution in [0, 0.1) is 0 Å². The summed E-state index contributed by atoms with van der Waals surface area (Å²) >= 11 is 8.66. The second-order valence-corrected chi connectivity index (χ2v) is 8.20. The van der Waals surface area contributed by atoms with Crippen molar-refractivity contribution in [3.05, 3.63) is 49.0 Å². The zero-order valence-corrected chi connectivity index (χ0v) is 15.7. The Balaban J connectivity index is 1.94. The lowest BCUT2D eigenvalue weighted by Gasteiger charge is -2.09. The van der Waals surface area contributed by atoms with Crippen molar-refractivity contribution in [2.45, 2.75) is 26.4 Å². The SMILES string of the molecule is CC(C)NC(=O)c1ccc(NCc2cc(Br)c(Br)s2)cc1. The standard InChI is InChI=1S/C15H16Br2N2OS/c1-9(2)19-15(20)10-3-5-11(6-4-10)18-8-12-7-13(16)14(17)21-12/h3-7,9,18H,8H2,1-2H3,(H,19,20). The van der Waals surface area contributed by atoms with E-state index in [0.29, 0.717) is 5.56 Å². The van der Waals surface area contributed by atoms with Gasteiger partial charge in [-0.2, -0.15) is 0 Å². The van der Waals surface area contributed by atoms with Crippen LogP contribution < -0.4 is 10.6 Å². The molecule has 21 heavy (non-hydrogen) atoms. The number of benzene rings is 1. The number of nitrogens with one attached hydrogen (secondary N) is 2. The van der Waals surface area contributed by atoms with Crippen LogP contribution >= 0.6 is 43.2 Å². The Morgan fingerprint density at radius 1 is 1.24 bits per heavy atom. The van der Waals surface area contributed by atoms with E-state index in [-0.39, 0.29) is 11.9 Å². The van der Waals surface area contributed by atoms with E-state index in [1.807, 2.05) is 38.1 Å². The first-order valence-corrected chi connectivity index (χ1v) is 8.94. The second-order valence-electron chi connectivity index (χ2n) is 4.89. The molecule has 0 saturated heterocycles. The Labute approximate surface area is 145 Å². The molecule has 1 heterocycles. The summed E-state index contributed by atoms with van der Waals surface area (Å²) in [5.41, 5.74) is 1.67. The van der Waals surface area contributed by atoms with Gasteiger partial charge in [-0.3, -0.25) is 4.79 Å². The number of hydrogen-bond donors (Lipinski definition) is 2. The molecule has 6 heteroatoms. The molecule has 0 spiro atoms. The summed E-state index contributed by atoms with van der Waals surface area (Å²) in [5.74, 6) is -0.0392. The highest BCUT2D eigenvalue weighted by molar-refractivity contribution is 9.13. The van der Waals surface area contributed by atoms with Crippen molar-refractivity contribution >= 4 is 54.8 Å². The molecule has 0 atom stereocenters. The van der Waals surface area contributed by atoms with Gasteiger partial charge in [0.05, 0.1) is 3.79 Å². The highest BCUT2D eigenvalue weighted by Crippen LogP contribution is 2.32. The minimum atomic E-state index is -0.0392. The maximum atomic E-state index is 11.8. The number of carbonyl (C=O) groups excluding carboxylic acids is 1. The fraction of sp³-hybridized carbons (Fsp3) is 0.267. The van der Waals surface area contributed by atoms with Gasteiger partial charge in [-0.05, 0) is 76.0 Å². The van der Waals surface area contributed by atoms with E-state index in [0.717, 1.165) is 20.5 Å². The molecule has 0 bridgehead atoms. The highest BCUT2D eigenvalue weighted by Gasteiger charge is 2.07. The maximum Gasteiger partial charge on any atom is 0.251 e. The smallest absolute Gasteiger partial charge is 0.251 e. The molecule has 1 aromatic heterocycles. The van der Waals surface area contributed by atoms with Crippen LogP contribution in [0.25, 0.3) is 0 Å². The zero-order chi connectivity index (χ0) is 15.4. The average Bonchev–Trinajstić information content (AvgIpc) is 2.75. The van der Waals surface area contributed by atoms with Crippen molar-refractivity contribution in [1.29, 1.82) is 0 Å². The first-order valence-electron chi connectivity index (χ1n) is 6.54. The monoisotopic (exact) mass is 430 g/mol. The van der Waals surface area contributed by atoms with E-state index in [1.165, 1.54) is 4.88 Å². The third-order valence-corrected chi connectivity index (χ3v) is 5.99. The average molecular weight is 432 g/mol. The number of amides is 1. The number of anilines is 1. The Morgan fingerprint density at radius 3 is 2.43 bits per heavy atom. The van der Waals surface area contributed by atoms with E-state index in [9.17, 15) is 4.79 Å². The van der Waals surface area contributed by atoms with Crippen LogP contribution in [0.2, 0.25) is 0 Å². The Bertz CT molecular complexity index is 604. The predicted octanol–water partition coefficient (Wildman–Crippen LogP) is 5.02. The fourth-order valence-corrected chi connectivity index (χ4v) is 3.87. The third-order valence-electron chi connectivity index (χ3n) is 2.73. The maximum absolute atomic E-state index is 11.8. The number of carbonyl (C=O) groups is 1. The van der Waals surface area contributed by atoms with Crippen LogP contribution in [0.3, 0.4) is 0 Å². The molecule has 0 fully saturated rings. The quantitative estimate of drug-likeness (QED) is 0.697. The van der Waals surface area contributed by atoms with Crippen LogP contribution in [-0.4, -0.2) is 11.9 Å². The van der Waals surface area contributed by atoms with Crippen molar-refractivity contribution in [3.63, 3.8) is 0 Å². The van der Waals surface area contributed by atoms with Crippen LogP contribution in [0.1, 0.15) is 29.1 Å². The summed E-state index contributed by atoms with van der Waals surface area (Å²) < 4.78 is 2.17. The lowest BCUT2D eigenvalue weighted by molar-refractivity contribution is 0.0943. The van der Waals surface area contributed by atoms with Crippen molar-refractivity contribution in [2.24, 2.45) is 0 Å². The number of thiophene rings is 1. The van der Waals surface area contributed by atoms with Crippen LogP contribution in [-0.2, 0) is 6.54 Å². The van der Waals surface area contributed by atoms with Crippen LogP contribution in [0.4, 0.5) is 5.69 Å². The van der Waals surface area contributed by atoms with E-state index in [1.54, 1.807) is 11.3 Å². The molecule has 2 N–H and O–H groups in total. The molecule has 0 aliphatic rings. The highest BCUT2D eigenvalue weighted by atomic mass is 79.9. The summed E-state index contributed by atoms with van der Waals surface area (Å²) in [6, 6.07) is 9.75. The molecule has 3 nitrogen and oxygen atoms in total. The summed E-state index contributed by atoms with van der Waals surface area (Å²) in [6.07, 6.45) is 0. The molecular formula is C15H16Br2N2OS. The van der Waals surface area contributed by atoms with Crippen molar-refractivity contribution < 1.29 is 4.79 Å². The lowest BCUT2D eigenvalue weighted by atomic mass is 10.2. The molecule has 0 aliphatic carbocycles. The van der Waals surface area contributed by atoms with E-state index < -0.39 is 0 Å². The van der Waals surface area contributed by atoms with Gasteiger partial charge < -0.3 is 10.6 Å². The van der Waals surface area contributed by atoms with E-state index in [2.05, 4.69) is 48.6 Å². The third kappa shape index (κ3) is 4.83. The van der Waals surface area contributed by atoms with Gasteiger partial charge in [0.1, 0.15) is 0 Å². The van der Waals surface area contributed by atoms with Gasteiger partial charge in [0.15, 0.2) is 0 Å². The van der Waals surface area contributed by atoms with E-state index in [4.69, 9.17) is 0 Å². The van der Waals surface area contributed by atoms with Gasteiger partial charge in [-0.1, -0.05) is 0 Å². The molecule has 1 amide bonds. The molecular weight excluding hydrogens is 416 g/mol. The predicted molar refractivity (Wildman–Crippen MR) is 96.1 cm³/mol. The number of hydrogen-bond acceptors (Lipinski definition) is 3. The second kappa shape index (κ2) is 7.42. The molecule has 0 radical (unpaired) electrons. The Hall–Kier alpha value is -0.850.